The molecule has 0 aliphatic heterocycles. The normalized spacial score (nSPS) is 11.4. The molecule has 0 bridgehead atoms. The summed E-state index contributed by atoms with van der Waals surface area (Å²) in [7, 11) is 0. The molecule has 0 unspecified atom stereocenters. The lowest BCUT2D eigenvalue weighted by atomic mass is 10.2. The van der Waals surface area contributed by atoms with Crippen molar-refractivity contribution in [1.29, 1.82) is 0 Å². The largest absolute Gasteiger partial charge is 0.416 e. The first kappa shape index (κ1) is 20.3. The van der Waals surface area contributed by atoms with Crippen molar-refractivity contribution >= 4 is 11.6 Å². The molecular formula is C23H17F3N4O. The van der Waals surface area contributed by atoms with Crippen molar-refractivity contribution < 1.29 is 18.0 Å². The molecule has 0 aliphatic carbocycles. The number of para-hydroxylation sites is 1. The number of aromatic nitrogens is 3. The first-order chi connectivity index (χ1) is 14.8. The number of hydrogen-bond acceptors (Lipinski definition) is 3. The van der Waals surface area contributed by atoms with Crippen molar-refractivity contribution in [2.45, 2.75) is 13.1 Å². The molecule has 0 atom stereocenters. The van der Waals surface area contributed by atoms with E-state index in [0.717, 1.165) is 28.9 Å². The third kappa shape index (κ3) is 4.32. The lowest BCUT2D eigenvalue weighted by Gasteiger charge is -2.09. The molecule has 1 amide bonds. The number of carbonyl (C=O) groups excluding carboxylic acids is 1. The molecule has 0 saturated carbocycles. The first-order valence-corrected chi connectivity index (χ1v) is 9.40. The number of hydrogen-bond donors (Lipinski definition) is 1. The number of aryl methyl sites for hydroxylation is 1. The van der Waals surface area contributed by atoms with Gasteiger partial charge in [-0.25, -0.2) is 9.67 Å². The van der Waals surface area contributed by atoms with Crippen LogP contribution < -0.4 is 5.32 Å². The molecule has 0 saturated heterocycles. The Morgan fingerprint density at radius 2 is 1.65 bits per heavy atom. The standard InChI is InChI=1S/C23H17F3N4O/c1-15-8-5-6-13-19(15)30-21(16-9-3-2-4-10-16)28-20(29-30)22(31)27-18-12-7-11-17(14-18)23(24,25)26/h2-14H,1H3,(H,27,31). The predicted molar refractivity (Wildman–Crippen MR) is 111 cm³/mol. The number of benzene rings is 3. The lowest BCUT2D eigenvalue weighted by Crippen LogP contribution is -2.15. The molecule has 0 radical (unpaired) electrons. The third-order valence-corrected chi connectivity index (χ3v) is 4.63. The van der Waals surface area contributed by atoms with E-state index in [1.54, 1.807) is 4.68 Å². The number of alkyl halides is 3. The summed E-state index contributed by atoms with van der Waals surface area (Å²) in [4.78, 5) is 17.1. The molecule has 0 aliphatic rings. The van der Waals surface area contributed by atoms with Crippen molar-refractivity contribution in [2.75, 3.05) is 5.32 Å². The molecule has 1 aromatic heterocycles. The van der Waals surface area contributed by atoms with Gasteiger partial charge < -0.3 is 5.32 Å². The molecule has 8 heteroatoms. The molecule has 31 heavy (non-hydrogen) atoms. The number of halogens is 3. The van der Waals surface area contributed by atoms with Crippen LogP contribution in [0.1, 0.15) is 21.7 Å². The summed E-state index contributed by atoms with van der Waals surface area (Å²) >= 11 is 0. The fraction of sp³-hybridized carbons (Fsp3) is 0.0870. The van der Waals surface area contributed by atoms with Gasteiger partial charge in [-0.3, -0.25) is 4.79 Å². The third-order valence-electron chi connectivity index (χ3n) is 4.63. The van der Waals surface area contributed by atoms with Crippen LogP contribution >= 0.6 is 0 Å². The van der Waals surface area contributed by atoms with Gasteiger partial charge >= 0.3 is 6.18 Å². The quantitative estimate of drug-likeness (QED) is 0.472. The van der Waals surface area contributed by atoms with Gasteiger partial charge in [-0.2, -0.15) is 13.2 Å². The Kier molecular flexibility index (Phi) is 5.29. The van der Waals surface area contributed by atoms with Crippen molar-refractivity contribution in [1.82, 2.24) is 14.8 Å². The first-order valence-electron chi connectivity index (χ1n) is 9.40. The van der Waals surface area contributed by atoms with Gasteiger partial charge in [0.05, 0.1) is 11.3 Å². The molecule has 1 heterocycles. The molecular weight excluding hydrogens is 405 g/mol. The highest BCUT2D eigenvalue weighted by Gasteiger charge is 2.30. The molecule has 0 fully saturated rings. The van der Waals surface area contributed by atoms with Gasteiger partial charge in [0.1, 0.15) is 0 Å². The molecule has 0 spiro atoms. The SMILES string of the molecule is Cc1ccccc1-n1nc(C(=O)Nc2cccc(C(F)(F)F)c2)nc1-c1ccccc1. The Labute approximate surface area is 176 Å². The van der Waals surface area contributed by atoms with E-state index in [4.69, 9.17) is 0 Å². The molecule has 5 nitrogen and oxygen atoms in total. The van der Waals surface area contributed by atoms with Gasteiger partial charge in [-0.15, -0.1) is 5.10 Å². The van der Waals surface area contributed by atoms with E-state index < -0.39 is 17.6 Å². The second-order valence-corrected chi connectivity index (χ2v) is 6.86. The zero-order valence-electron chi connectivity index (χ0n) is 16.4. The predicted octanol–water partition coefficient (Wildman–Crippen LogP) is 5.51. The van der Waals surface area contributed by atoms with Crippen LogP contribution in [0.15, 0.2) is 78.9 Å². The van der Waals surface area contributed by atoms with Crippen molar-refractivity contribution in [3.63, 3.8) is 0 Å². The van der Waals surface area contributed by atoms with Crippen LogP contribution in [0, 0.1) is 6.92 Å². The zero-order chi connectivity index (χ0) is 22.0. The second-order valence-electron chi connectivity index (χ2n) is 6.86. The van der Waals surface area contributed by atoms with E-state index in [2.05, 4.69) is 15.4 Å². The van der Waals surface area contributed by atoms with Gasteiger partial charge in [-0.1, -0.05) is 54.6 Å². The maximum atomic E-state index is 13.0. The fourth-order valence-electron chi connectivity index (χ4n) is 3.11. The summed E-state index contributed by atoms with van der Waals surface area (Å²) in [6.07, 6.45) is -4.51. The van der Waals surface area contributed by atoms with Crippen molar-refractivity contribution in [3.05, 3.63) is 95.8 Å². The Morgan fingerprint density at radius 1 is 0.935 bits per heavy atom. The lowest BCUT2D eigenvalue weighted by molar-refractivity contribution is -0.137. The highest BCUT2D eigenvalue weighted by molar-refractivity contribution is 6.01. The van der Waals surface area contributed by atoms with Crippen LogP contribution in [0.4, 0.5) is 18.9 Å². The Morgan fingerprint density at radius 3 is 2.35 bits per heavy atom. The van der Waals surface area contributed by atoms with Gasteiger partial charge in [0.25, 0.3) is 5.91 Å². The summed E-state index contributed by atoms with van der Waals surface area (Å²) in [6, 6.07) is 21.1. The van der Waals surface area contributed by atoms with Crippen LogP contribution in [0.25, 0.3) is 17.1 Å². The van der Waals surface area contributed by atoms with E-state index >= 15 is 0 Å². The topological polar surface area (TPSA) is 59.8 Å². The van der Waals surface area contributed by atoms with Crippen LogP contribution in [0.5, 0.6) is 0 Å². The fourth-order valence-corrected chi connectivity index (χ4v) is 3.11. The number of anilines is 1. The van der Waals surface area contributed by atoms with E-state index in [1.807, 2.05) is 61.5 Å². The average Bonchev–Trinajstić information content (AvgIpc) is 3.20. The average molecular weight is 422 g/mol. The Balaban J connectivity index is 1.73. The number of rotatable bonds is 4. The molecule has 1 N–H and O–H groups in total. The summed E-state index contributed by atoms with van der Waals surface area (Å²) in [6.45, 7) is 1.91. The van der Waals surface area contributed by atoms with Gasteiger partial charge in [-0.05, 0) is 36.8 Å². The minimum atomic E-state index is -4.51. The minimum absolute atomic E-state index is 0.00771. The highest BCUT2D eigenvalue weighted by Crippen LogP contribution is 2.31. The maximum absolute atomic E-state index is 13.0. The summed E-state index contributed by atoms with van der Waals surface area (Å²) in [5, 5.41) is 6.81. The smallest absolute Gasteiger partial charge is 0.319 e. The number of amides is 1. The summed E-state index contributed by atoms with van der Waals surface area (Å²) < 4.78 is 40.4. The number of nitrogens with zero attached hydrogens (tertiary/aromatic N) is 3. The van der Waals surface area contributed by atoms with E-state index in [1.165, 1.54) is 12.1 Å². The van der Waals surface area contributed by atoms with Crippen LogP contribution in [0.2, 0.25) is 0 Å². The van der Waals surface area contributed by atoms with Crippen LogP contribution in [0.3, 0.4) is 0 Å². The highest BCUT2D eigenvalue weighted by atomic mass is 19.4. The van der Waals surface area contributed by atoms with Crippen LogP contribution in [-0.2, 0) is 6.18 Å². The second kappa shape index (κ2) is 8.06. The molecule has 156 valence electrons. The molecule has 4 aromatic rings. The summed E-state index contributed by atoms with van der Waals surface area (Å²) in [5.74, 6) is -0.410. The minimum Gasteiger partial charge on any atom is -0.319 e. The van der Waals surface area contributed by atoms with E-state index in [9.17, 15) is 18.0 Å². The van der Waals surface area contributed by atoms with Gasteiger partial charge in [0, 0.05) is 11.3 Å². The van der Waals surface area contributed by atoms with Crippen molar-refractivity contribution in [2.24, 2.45) is 0 Å². The number of carbonyl (C=O) groups is 1. The van der Waals surface area contributed by atoms with E-state index in [-0.39, 0.29) is 11.5 Å². The maximum Gasteiger partial charge on any atom is 0.416 e. The van der Waals surface area contributed by atoms with Gasteiger partial charge in [0.15, 0.2) is 5.82 Å². The molecule has 4 rings (SSSR count). The zero-order valence-corrected chi connectivity index (χ0v) is 16.4. The van der Waals surface area contributed by atoms with E-state index in [0.29, 0.717) is 5.82 Å². The number of nitrogens with one attached hydrogen (secondary N) is 1. The summed E-state index contributed by atoms with van der Waals surface area (Å²) in [5.41, 5.74) is 1.57. The Hall–Kier alpha value is -3.94. The van der Waals surface area contributed by atoms with Gasteiger partial charge in [0.2, 0.25) is 5.82 Å². The van der Waals surface area contributed by atoms with Crippen molar-refractivity contribution in [3.8, 4) is 17.1 Å². The molecule has 3 aromatic carbocycles. The monoisotopic (exact) mass is 422 g/mol. The van der Waals surface area contributed by atoms with Crippen LogP contribution in [-0.4, -0.2) is 20.7 Å². The Bertz CT molecular complexity index is 1230.